The van der Waals surface area contributed by atoms with Gasteiger partial charge < -0.3 is 29.5 Å². The number of carbonyl (C=O) groups is 3. The first-order valence-electron chi connectivity index (χ1n) is 29.4. The maximum atomic E-state index is 12.5. The van der Waals surface area contributed by atoms with Gasteiger partial charge in [-0.25, -0.2) is 0 Å². The Hall–Kier alpha value is -2.53. The van der Waals surface area contributed by atoms with Crippen LogP contribution in [0.5, 0.6) is 0 Å². The molecule has 0 spiro atoms. The number of aliphatic hydroxyl groups excluding tert-OH is 3. The van der Waals surface area contributed by atoms with E-state index in [1.165, 1.54) is 57.8 Å². The standard InChI is InChI=1S/C60H111NO9/c1-4-7-10-31-40-55(62)43-34-25-19-13-16-22-28-37-46-58(65)68-52-49-61(50-53-69-59(66)47-38-29-23-17-14-20-26-35-44-56(63)41-32-11-8-5-2)51-54-70-60(67)48-39-30-24-18-15-21-27-36-45-57(64)42-33-12-9-6-3/h25-27,34-36,55-57,62-64H,4-24,28-33,37-54H2,1-3H3. The van der Waals surface area contributed by atoms with E-state index in [2.05, 4.69) is 57.2 Å². The first kappa shape index (κ1) is 67.5. The summed E-state index contributed by atoms with van der Waals surface area (Å²) in [7, 11) is 0. The lowest BCUT2D eigenvalue weighted by Crippen LogP contribution is -2.35. The minimum atomic E-state index is -0.222. The molecule has 410 valence electrons. The van der Waals surface area contributed by atoms with Crippen LogP contribution in [0.25, 0.3) is 0 Å². The van der Waals surface area contributed by atoms with Crippen molar-refractivity contribution < 1.29 is 43.9 Å². The number of aliphatic hydroxyl groups is 3. The summed E-state index contributed by atoms with van der Waals surface area (Å²) >= 11 is 0. The van der Waals surface area contributed by atoms with Crippen molar-refractivity contribution in [2.45, 2.75) is 289 Å². The van der Waals surface area contributed by atoms with Crippen molar-refractivity contribution in [1.29, 1.82) is 0 Å². The number of allylic oxidation sites excluding steroid dienone is 3. The molecule has 0 aliphatic rings. The van der Waals surface area contributed by atoms with Crippen LogP contribution in [0, 0.1) is 0 Å². The van der Waals surface area contributed by atoms with Gasteiger partial charge in [-0.15, -0.1) is 0 Å². The predicted octanol–water partition coefficient (Wildman–Crippen LogP) is 14.9. The van der Waals surface area contributed by atoms with Crippen LogP contribution in [0.3, 0.4) is 0 Å². The fraction of sp³-hybridized carbons (Fsp3) is 0.850. The Morgan fingerprint density at radius 3 is 0.900 bits per heavy atom. The molecule has 0 saturated heterocycles. The number of esters is 3. The van der Waals surface area contributed by atoms with Crippen LogP contribution in [0.15, 0.2) is 36.5 Å². The number of ether oxygens (including phenoxy) is 3. The molecule has 0 aromatic carbocycles. The maximum Gasteiger partial charge on any atom is 0.305 e. The quantitative estimate of drug-likeness (QED) is 0.0233. The number of unbranched alkanes of at least 4 members (excludes halogenated alkanes) is 24. The average molecular weight is 991 g/mol. The van der Waals surface area contributed by atoms with Gasteiger partial charge in [0.25, 0.3) is 0 Å². The van der Waals surface area contributed by atoms with Crippen molar-refractivity contribution in [2.75, 3.05) is 39.5 Å². The van der Waals surface area contributed by atoms with E-state index in [1.54, 1.807) is 0 Å². The zero-order valence-corrected chi connectivity index (χ0v) is 45.8. The molecule has 70 heavy (non-hydrogen) atoms. The lowest BCUT2D eigenvalue weighted by molar-refractivity contribution is -0.144. The molecule has 3 atom stereocenters. The SMILES string of the molecule is CCCCCCC(O)CC=CCCCCCCCC(=O)OCCN(CCOC(=O)CCCCCCCC=CCC(O)CCCCCC)CCOC(=O)CCCCCCCC=CCC(O)CCCCCC. The van der Waals surface area contributed by atoms with Crippen molar-refractivity contribution in [3.05, 3.63) is 36.5 Å². The van der Waals surface area contributed by atoms with E-state index in [-0.39, 0.29) is 56.0 Å². The Morgan fingerprint density at radius 2 is 0.614 bits per heavy atom. The molecule has 0 aromatic heterocycles. The van der Waals surface area contributed by atoms with Gasteiger partial charge in [-0.2, -0.15) is 0 Å². The fourth-order valence-electron chi connectivity index (χ4n) is 8.49. The summed E-state index contributed by atoms with van der Waals surface area (Å²) in [6, 6.07) is 0. The van der Waals surface area contributed by atoms with Crippen LogP contribution >= 0.6 is 0 Å². The molecular weight excluding hydrogens is 879 g/mol. The highest BCUT2D eigenvalue weighted by Crippen LogP contribution is 2.15. The van der Waals surface area contributed by atoms with Gasteiger partial charge in [0.2, 0.25) is 0 Å². The monoisotopic (exact) mass is 990 g/mol. The molecule has 0 radical (unpaired) electrons. The summed E-state index contributed by atoms with van der Waals surface area (Å²) < 4.78 is 16.8. The van der Waals surface area contributed by atoms with E-state index in [4.69, 9.17) is 14.2 Å². The van der Waals surface area contributed by atoms with Crippen molar-refractivity contribution in [3.63, 3.8) is 0 Å². The maximum absolute atomic E-state index is 12.5. The molecule has 3 unspecified atom stereocenters. The summed E-state index contributed by atoms with van der Waals surface area (Å²) in [5, 5.41) is 30.4. The van der Waals surface area contributed by atoms with Crippen LogP contribution in [-0.4, -0.2) is 95.9 Å². The van der Waals surface area contributed by atoms with Gasteiger partial charge in [0.05, 0.1) is 18.3 Å². The summed E-state index contributed by atoms with van der Waals surface area (Å²) in [5.41, 5.74) is 0. The Labute approximate surface area is 430 Å². The van der Waals surface area contributed by atoms with E-state index in [0.717, 1.165) is 173 Å². The summed E-state index contributed by atoms with van der Waals surface area (Å²) in [6.45, 7) is 8.70. The zero-order chi connectivity index (χ0) is 51.2. The van der Waals surface area contributed by atoms with Crippen molar-refractivity contribution >= 4 is 17.9 Å². The van der Waals surface area contributed by atoms with Crippen LogP contribution in [0.1, 0.15) is 271 Å². The number of nitrogens with zero attached hydrogens (tertiary/aromatic N) is 1. The Morgan fingerprint density at radius 1 is 0.357 bits per heavy atom. The van der Waals surface area contributed by atoms with Crippen molar-refractivity contribution in [2.24, 2.45) is 0 Å². The average Bonchev–Trinajstić information content (AvgIpc) is 3.34. The molecule has 0 saturated carbocycles. The Kier molecular flexibility index (Phi) is 52.3. The van der Waals surface area contributed by atoms with E-state index in [9.17, 15) is 29.7 Å². The van der Waals surface area contributed by atoms with E-state index < -0.39 is 0 Å². The van der Waals surface area contributed by atoms with Gasteiger partial charge in [0.1, 0.15) is 19.8 Å². The molecular formula is C60H111NO9. The third kappa shape index (κ3) is 51.8. The van der Waals surface area contributed by atoms with Gasteiger partial charge in [-0.1, -0.05) is 192 Å². The molecule has 0 amide bonds. The van der Waals surface area contributed by atoms with Gasteiger partial charge >= 0.3 is 17.9 Å². The molecule has 0 aromatic rings. The summed E-state index contributed by atoms with van der Waals surface area (Å²) in [6.07, 6.45) is 51.1. The normalized spacial score (nSPS) is 13.2. The first-order chi connectivity index (χ1) is 34.2. The van der Waals surface area contributed by atoms with Crippen molar-refractivity contribution in [3.8, 4) is 0 Å². The second-order valence-corrected chi connectivity index (χ2v) is 20.1. The molecule has 0 aliphatic heterocycles. The molecule has 0 fully saturated rings. The third-order valence-corrected chi connectivity index (χ3v) is 13.2. The summed E-state index contributed by atoms with van der Waals surface area (Å²) in [4.78, 5) is 39.7. The van der Waals surface area contributed by atoms with E-state index in [1.807, 2.05) is 4.90 Å². The Bertz CT molecular complexity index is 1090. The molecule has 10 heteroatoms. The van der Waals surface area contributed by atoms with Crippen LogP contribution in [0.2, 0.25) is 0 Å². The number of rotatable bonds is 54. The van der Waals surface area contributed by atoms with Gasteiger partial charge in [0.15, 0.2) is 0 Å². The second-order valence-electron chi connectivity index (χ2n) is 20.1. The highest BCUT2D eigenvalue weighted by molar-refractivity contribution is 5.70. The van der Waals surface area contributed by atoms with Crippen LogP contribution in [0.4, 0.5) is 0 Å². The highest BCUT2D eigenvalue weighted by Gasteiger charge is 2.12. The lowest BCUT2D eigenvalue weighted by Gasteiger charge is -2.22. The molecule has 0 bridgehead atoms. The van der Waals surface area contributed by atoms with Crippen molar-refractivity contribution in [1.82, 2.24) is 4.90 Å². The van der Waals surface area contributed by atoms with E-state index in [0.29, 0.717) is 38.9 Å². The fourth-order valence-corrected chi connectivity index (χ4v) is 8.49. The summed E-state index contributed by atoms with van der Waals surface area (Å²) in [5.74, 6) is -0.601. The number of hydrogen-bond acceptors (Lipinski definition) is 10. The lowest BCUT2D eigenvalue weighted by atomic mass is 10.1. The minimum absolute atomic E-state index is 0.200. The predicted molar refractivity (Wildman–Crippen MR) is 292 cm³/mol. The number of carbonyl (C=O) groups excluding carboxylic acids is 3. The smallest absolute Gasteiger partial charge is 0.305 e. The van der Waals surface area contributed by atoms with Gasteiger partial charge in [0, 0.05) is 38.9 Å². The molecule has 10 nitrogen and oxygen atoms in total. The van der Waals surface area contributed by atoms with Gasteiger partial charge in [-0.05, 0) is 96.3 Å². The molecule has 0 aliphatic carbocycles. The number of hydrogen-bond donors (Lipinski definition) is 3. The topological polar surface area (TPSA) is 143 Å². The van der Waals surface area contributed by atoms with E-state index >= 15 is 0 Å². The molecule has 3 N–H and O–H groups in total. The highest BCUT2D eigenvalue weighted by atomic mass is 16.5. The molecule has 0 heterocycles. The zero-order valence-electron chi connectivity index (χ0n) is 45.8. The second kappa shape index (κ2) is 54.2. The third-order valence-electron chi connectivity index (χ3n) is 13.2. The minimum Gasteiger partial charge on any atom is -0.464 e. The van der Waals surface area contributed by atoms with Gasteiger partial charge in [-0.3, -0.25) is 19.3 Å². The van der Waals surface area contributed by atoms with Crippen LogP contribution < -0.4 is 0 Å². The Balaban J connectivity index is 4.45. The van der Waals surface area contributed by atoms with Crippen LogP contribution in [-0.2, 0) is 28.6 Å². The molecule has 0 rings (SSSR count). The largest absolute Gasteiger partial charge is 0.464 e. The first-order valence-corrected chi connectivity index (χ1v) is 29.4.